The Morgan fingerprint density at radius 3 is 2.38 bits per heavy atom. The number of aliphatic imine (C=N–C) groups is 1. The lowest BCUT2D eigenvalue weighted by molar-refractivity contribution is 0.148. The van der Waals surface area contributed by atoms with E-state index in [1.165, 1.54) is 16.0 Å². The van der Waals surface area contributed by atoms with Crippen LogP contribution in [-0.2, 0) is 19.6 Å². The average molecular weight is 415 g/mol. The summed E-state index contributed by atoms with van der Waals surface area (Å²) in [5.41, 5.74) is 3.71. The molecule has 0 unspecified atom stereocenters. The van der Waals surface area contributed by atoms with E-state index in [1.54, 1.807) is 11.3 Å². The number of benzene rings is 1. The van der Waals surface area contributed by atoms with Gasteiger partial charge in [-0.2, -0.15) is 0 Å². The molecule has 2 aromatic rings. The molecule has 2 heterocycles. The van der Waals surface area contributed by atoms with Crippen LogP contribution in [0.1, 0.15) is 33.6 Å². The molecular formula is C22H34N6S. The van der Waals surface area contributed by atoms with Gasteiger partial charge >= 0.3 is 0 Å². The van der Waals surface area contributed by atoms with Crippen LogP contribution >= 0.6 is 11.3 Å². The van der Waals surface area contributed by atoms with Crippen molar-refractivity contribution in [3.05, 3.63) is 51.0 Å². The first-order chi connectivity index (χ1) is 14.0. The molecular weight excluding hydrogens is 380 g/mol. The number of aromatic nitrogens is 1. The normalized spacial score (nSPS) is 16.2. The summed E-state index contributed by atoms with van der Waals surface area (Å²) >= 11 is 1.74. The molecule has 6 nitrogen and oxygen atoms in total. The molecule has 0 aliphatic carbocycles. The lowest BCUT2D eigenvalue weighted by Crippen LogP contribution is -2.43. The van der Waals surface area contributed by atoms with Gasteiger partial charge in [-0.3, -0.25) is 4.90 Å². The van der Waals surface area contributed by atoms with E-state index < -0.39 is 0 Å². The van der Waals surface area contributed by atoms with Crippen molar-refractivity contribution in [2.75, 3.05) is 39.8 Å². The summed E-state index contributed by atoms with van der Waals surface area (Å²) in [6, 6.07) is 8.89. The zero-order valence-electron chi connectivity index (χ0n) is 18.2. The molecule has 0 saturated carbocycles. The van der Waals surface area contributed by atoms with Gasteiger partial charge < -0.3 is 15.5 Å². The van der Waals surface area contributed by atoms with E-state index in [2.05, 4.69) is 70.6 Å². The van der Waals surface area contributed by atoms with Crippen molar-refractivity contribution in [3.8, 4) is 0 Å². The van der Waals surface area contributed by atoms with Gasteiger partial charge in [0, 0.05) is 44.1 Å². The van der Waals surface area contributed by atoms with Crippen LogP contribution in [0.4, 0.5) is 0 Å². The largest absolute Gasteiger partial charge is 0.357 e. The number of aryl methyl sites for hydroxylation is 2. The molecule has 1 aromatic carbocycles. The van der Waals surface area contributed by atoms with Gasteiger partial charge in [-0.15, -0.1) is 11.3 Å². The predicted molar refractivity (Wildman–Crippen MR) is 122 cm³/mol. The highest BCUT2D eigenvalue weighted by molar-refractivity contribution is 7.11. The molecule has 7 heteroatoms. The molecule has 1 aliphatic heterocycles. The van der Waals surface area contributed by atoms with Crippen molar-refractivity contribution in [1.82, 2.24) is 25.4 Å². The molecule has 0 atom stereocenters. The van der Waals surface area contributed by atoms with E-state index in [0.717, 1.165) is 62.5 Å². The Labute approximate surface area is 179 Å². The van der Waals surface area contributed by atoms with Gasteiger partial charge in [-0.1, -0.05) is 24.3 Å². The Hall–Kier alpha value is -1.96. The van der Waals surface area contributed by atoms with Crippen molar-refractivity contribution in [2.45, 2.75) is 40.4 Å². The van der Waals surface area contributed by atoms with Crippen molar-refractivity contribution in [2.24, 2.45) is 4.99 Å². The second-order valence-electron chi connectivity index (χ2n) is 7.69. The summed E-state index contributed by atoms with van der Waals surface area (Å²) in [6.07, 6.45) is 0. The predicted octanol–water partition coefficient (Wildman–Crippen LogP) is 2.76. The molecule has 158 valence electrons. The van der Waals surface area contributed by atoms with Gasteiger partial charge in [0.25, 0.3) is 0 Å². The molecule has 1 fully saturated rings. The van der Waals surface area contributed by atoms with Crippen molar-refractivity contribution in [3.63, 3.8) is 0 Å². The standard InChI is InChI=1S/C22H34N6S/c1-5-23-22(25-15-21-17(2)26-18(3)29-21)24-14-19-6-8-20(9-7-19)16-28-12-10-27(4)11-13-28/h6-9H,5,10-16H2,1-4H3,(H2,23,24,25). The molecule has 29 heavy (non-hydrogen) atoms. The minimum Gasteiger partial charge on any atom is -0.357 e. The molecule has 0 radical (unpaired) electrons. The molecule has 0 spiro atoms. The van der Waals surface area contributed by atoms with E-state index in [9.17, 15) is 0 Å². The summed E-state index contributed by atoms with van der Waals surface area (Å²) in [6.45, 7) is 14.1. The lowest BCUT2D eigenvalue weighted by Gasteiger charge is -2.32. The highest BCUT2D eigenvalue weighted by atomic mass is 32.1. The second kappa shape index (κ2) is 10.7. The fraction of sp³-hybridized carbons (Fsp3) is 0.545. The van der Waals surface area contributed by atoms with E-state index in [-0.39, 0.29) is 0 Å². The summed E-state index contributed by atoms with van der Waals surface area (Å²) < 4.78 is 0. The number of likely N-dealkylation sites (N-methyl/N-ethyl adjacent to an activating group) is 1. The number of nitrogens with one attached hydrogen (secondary N) is 2. The highest BCUT2D eigenvalue weighted by Crippen LogP contribution is 2.16. The first-order valence-electron chi connectivity index (χ1n) is 10.5. The number of piperazine rings is 1. The SMILES string of the molecule is CCNC(=NCc1ccc(CN2CCN(C)CC2)cc1)NCc1sc(C)nc1C. The van der Waals surface area contributed by atoms with Crippen LogP contribution in [0.15, 0.2) is 29.3 Å². The topological polar surface area (TPSA) is 55.8 Å². The van der Waals surface area contributed by atoms with Crippen LogP contribution in [0, 0.1) is 13.8 Å². The van der Waals surface area contributed by atoms with Crippen LogP contribution in [0.5, 0.6) is 0 Å². The maximum Gasteiger partial charge on any atom is 0.191 e. The third kappa shape index (κ3) is 6.80. The molecule has 0 bridgehead atoms. The van der Waals surface area contributed by atoms with E-state index >= 15 is 0 Å². The molecule has 2 N–H and O–H groups in total. The van der Waals surface area contributed by atoms with E-state index in [4.69, 9.17) is 4.99 Å². The van der Waals surface area contributed by atoms with Crippen LogP contribution < -0.4 is 10.6 Å². The highest BCUT2D eigenvalue weighted by Gasteiger charge is 2.13. The summed E-state index contributed by atoms with van der Waals surface area (Å²) in [7, 11) is 2.20. The fourth-order valence-corrected chi connectivity index (χ4v) is 4.30. The summed E-state index contributed by atoms with van der Waals surface area (Å²) in [5, 5.41) is 7.87. The number of thiazole rings is 1. The minimum atomic E-state index is 0.671. The van der Waals surface area contributed by atoms with Crippen molar-refractivity contribution < 1.29 is 0 Å². The minimum absolute atomic E-state index is 0.671. The number of rotatable bonds is 7. The number of hydrogen-bond donors (Lipinski definition) is 2. The summed E-state index contributed by atoms with van der Waals surface area (Å²) in [5.74, 6) is 0.847. The Kier molecular flexibility index (Phi) is 8.03. The van der Waals surface area contributed by atoms with Crippen LogP contribution in [0.3, 0.4) is 0 Å². The van der Waals surface area contributed by atoms with Gasteiger partial charge in [0.05, 0.1) is 23.8 Å². The first kappa shape index (κ1) is 21.7. The van der Waals surface area contributed by atoms with Gasteiger partial charge in [0.2, 0.25) is 0 Å². The third-order valence-electron chi connectivity index (χ3n) is 5.21. The molecule has 1 aliphatic rings. The second-order valence-corrected chi connectivity index (χ2v) is 8.97. The number of hydrogen-bond acceptors (Lipinski definition) is 5. The zero-order chi connectivity index (χ0) is 20.6. The third-order valence-corrected chi connectivity index (χ3v) is 6.28. The van der Waals surface area contributed by atoms with Gasteiger partial charge in [-0.05, 0) is 38.9 Å². The Balaban J connectivity index is 1.52. The average Bonchev–Trinajstić information content (AvgIpc) is 3.04. The fourth-order valence-electron chi connectivity index (χ4n) is 3.43. The van der Waals surface area contributed by atoms with Crippen molar-refractivity contribution >= 4 is 17.3 Å². The Morgan fingerprint density at radius 2 is 1.76 bits per heavy atom. The first-order valence-corrected chi connectivity index (χ1v) is 11.3. The van der Waals surface area contributed by atoms with Gasteiger partial charge in [0.1, 0.15) is 0 Å². The van der Waals surface area contributed by atoms with E-state index in [1.807, 2.05) is 6.92 Å². The number of nitrogens with zero attached hydrogens (tertiary/aromatic N) is 4. The van der Waals surface area contributed by atoms with Crippen molar-refractivity contribution in [1.29, 1.82) is 0 Å². The Bertz CT molecular complexity index is 790. The van der Waals surface area contributed by atoms with Crippen LogP contribution in [0.2, 0.25) is 0 Å². The summed E-state index contributed by atoms with van der Waals surface area (Å²) in [4.78, 5) is 15.4. The molecule has 3 rings (SSSR count). The van der Waals surface area contributed by atoms with Gasteiger partial charge in [-0.25, -0.2) is 9.98 Å². The Morgan fingerprint density at radius 1 is 1.07 bits per heavy atom. The lowest BCUT2D eigenvalue weighted by atomic mass is 10.1. The smallest absolute Gasteiger partial charge is 0.191 e. The molecule has 0 amide bonds. The van der Waals surface area contributed by atoms with Crippen LogP contribution in [0.25, 0.3) is 0 Å². The monoisotopic (exact) mass is 414 g/mol. The number of guanidine groups is 1. The zero-order valence-corrected chi connectivity index (χ0v) is 19.0. The maximum atomic E-state index is 4.75. The van der Waals surface area contributed by atoms with E-state index in [0.29, 0.717) is 6.54 Å². The van der Waals surface area contributed by atoms with Crippen LogP contribution in [-0.4, -0.2) is 60.5 Å². The van der Waals surface area contributed by atoms with Gasteiger partial charge in [0.15, 0.2) is 5.96 Å². The molecule has 1 saturated heterocycles. The molecule has 1 aromatic heterocycles. The maximum absolute atomic E-state index is 4.75. The quantitative estimate of drug-likeness (QED) is 0.539.